The maximum absolute atomic E-state index is 14.6. The number of nitrogens with one attached hydrogen (secondary N) is 15. The number of benzene rings is 6. The van der Waals surface area contributed by atoms with E-state index in [1.807, 2.05) is 54.6 Å². The first kappa shape index (κ1) is 86.5. The molecule has 7 fully saturated rings. The summed E-state index contributed by atoms with van der Waals surface area (Å²) < 4.78 is 0. The van der Waals surface area contributed by atoms with Gasteiger partial charge in [-0.1, -0.05) is 121 Å². The van der Waals surface area contributed by atoms with Gasteiger partial charge in [-0.3, -0.25) is 76.7 Å². The van der Waals surface area contributed by atoms with Gasteiger partial charge in [0.05, 0.1) is 99.3 Å². The van der Waals surface area contributed by atoms with Gasteiger partial charge in [0.25, 0.3) is 29.5 Å². The first-order valence-electron chi connectivity index (χ1n) is 43.0. The Morgan fingerprint density at radius 1 is 0.372 bits per heavy atom. The lowest BCUT2D eigenvalue weighted by Crippen LogP contribution is -2.51. The van der Waals surface area contributed by atoms with Crippen molar-refractivity contribution in [3.05, 3.63) is 174 Å². The normalized spacial score (nSPS) is 23.6. The third-order valence-electron chi connectivity index (χ3n) is 25.1. The average molecular weight is 1750 g/mol. The van der Waals surface area contributed by atoms with E-state index in [1.54, 1.807) is 103 Å². The van der Waals surface area contributed by atoms with E-state index in [2.05, 4.69) is 79.4 Å². The highest BCUT2D eigenvalue weighted by Gasteiger charge is 2.48. The summed E-state index contributed by atoms with van der Waals surface area (Å²) in [5, 5.41) is 43.3. The van der Waals surface area contributed by atoms with E-state index >= 15 is 0 Å². The smallest absolute Gasteiger partial charge is 0.289 e. The Kier molecular flexibility index (Phi) is 24.9. The molecule has 38 nitrogen and oxygen atoms in total. The molecule has 7 saturated heterocycles. The number of rotatable bonds is 26. The minimum absolute atomic E-state index is 0.00981. The van der Waals surface area contributed by atoms with Gasteiger partial charge in [0.2, 0.25) is 64.7 Å². The molecule has 10 aromatic rings. The van der Waals surface area contributed by atoms with Crippen LogP contribution >= 0.6 is 0 Å². The highest BCUT2D eigenvalue weighted by atomic mass is 16.2. The van der Waals surface area contributed by atoms with Crippen LogP contribution in [0.4, 0.5) is 0 Å². The van der Waals surface area contributed by atoms with Gasteiger partial charge < -0.3 is 99.9 Å². The van der Waals surface area contributed by atoms with Crippen LogP contribution in [-0.2, 0) is 62.3 Å². The Balaban J connectivity index is 0.479. The molecule has 4 aromatic heterocycles. The highest BCUT2D eigenvalue weighted by molar-refractivity contribution is 6.39. The third kappa shape index (κ3) is 18.5. The summed E-state index contributed by atoms with van der Waals surface area (Å²) in [5.74, 6) is -11.0. The monoisotopic (exact) mass is 1750 g/mol. The van der Waals surface area contributed by atoms with Crippen molar-refractivity contribution in [2.45, 2.75) is 136 Å². The molecule has 0 saturated carbocycles. The number of fused-ring (bicyclic) bond motifs is 7. The van der Waals surface area contributed by atoms with Gasteiger partial charge in [0, 0.05) is 133 Å². The van der Waals surface area contributed by atoms with Crippen LogP contribution in [0.25, 0.3) is 76.8 Å². The molecule has 0 radical (unpaired) electrons. The molecular weight excluding hydrogens is 1660 g/mol. The second-order valence-electron chi connectivity index (χ2n) is 33.8. The molecule has 7 aliphatic heterocycles. The van der Waals surface area contributed by atoms with Crippen LogP contribution in [0.15, 0.2) is 158 Å². The molecule has 6 aromatic carbocycles. The number of carbonyl (C=O) groups excluding carboxylic acids is 16. The summed E-state index contributed by atoms with van der Waals surface area (Å²) in [4.78, 5) is 243. The number of carbonyl (C=O) groups is 16. The van der Waals surface area contributed by atoms with E-state index in [-0.39, 0.29) is 102 Å². The van der Waals surface area contributed by atoms with Crippen molar-refractivity contribution in [1.29, 1.82) is 0 Å². The van der Waals surface area contributed by atoms with Crippen molar-refractivity contribution in [2.24, 2.45) is 5.73 Å². The number of H-pyrrole nitrogens is 1. The van der Waals surface area contributed by atoms with Crippen molar-refractivity contribution in [3.63, 3.8) is 0 Å². The lowest BCUT2D eigenvalue weighted by molar-refractivity contribution is -0.144. The number of primary amides is 1. The van der Waals surface area contributed by atoms with Crippen LogP contribution in [0.5, 0.6) is 0 Å². The van der Waals surface area contributed by atoms with Crippen LogP contribution in [0.3, 0.4) is 0 Å². The number of likely N-dealkylation sites (tertiary alicyclic amines) is 3. The fraction of sp³-hybridized carbons (Fsp3) is 0.352. The maximum Gasteiger partial charge on any atom is 0.289 e. The number of hydrogen-bond donors (Lipinski definition) is 16. The van der Waals surface area contributed by atoms with E-state index in [9.17, 15) is 76.7 Å². The van der Waals surface area contributed by atoms with Gasteiger partial charge in [-0.25, -0.2) is 15.0 Å². The lowest BCUT2D eigenvalue weighted by Gasteiger charge is -2.24. The van der Waals surface area contributed by atoms with Crippen molar-refractivity contribution < 1.29 is 76.7 Å². The molecule has 0 bridgehead atoms. The number of aromatic nitrogens is 4. The highest BCUT2D eigenvalue weighted by Crippen LogP contribution is 2.34. The molecule has 14 unspecified atom stereocenters. The molecule has 0 spiro atoms. The summed E-state index contributed by atoms with van der Waals surface area (Å²) in [7, 11) is 0. The van der Waals surface area contributed by atoms with E-state index in [0.29, 0.717) is 65.9 Å². The number of hydrogen-bond acceptors (Lipinski definition) is 23. The Hall–Kier alpha value is -14.6. The van der Waals surface area contributed by atoms with Crippen LogP contribution in [0.2, 0.25) is 0 Å². The molecule has 7 aliphatic rings. The molecule has 38 heteroatoms. The minimum Gasteiger partial charge on any atom is -0.368 e. The Labute approximate surface area is 735 Å². The van der Waals surface area contributed by atoms with E-state index in [0.717, 1.165) is 21.4 Å². The van der Waals surface area contributed by atoms with Gasteiger partial charge in [0.1, 0.15) is 18.1 Å². The van der Waals surface area contributed by atoms with Crippen LogP contribution < -0.4 is 80.2 Å². The van der Waals surface area contributed by atoms with Gasteiger partial charge in [-0.15, -0.1) is 0 Å². The maximum atomic E-state index is 14.6. The first-order chi connectivity index (χ1) is 62.3. The molecule has 14 amide bonds. The van der Waals surface area contributed by atoms with E-state index < -0.39 is 198 Å². The standard InChI is InChI=1S/C91H94N22O16/c1-45(114)100-51-31-70(111(42-51)74(116)41-99-89(127)77-57-20-8-13-25-63(57)109-78-58-21-9-14-26-64(58)110-79(77)78)80(118)90(128)103-49-29-66(95-37-49)84(122)101-47-27-68(93-35-47)86(124)105-52-32-71(112(43-52)73(115)40-98-88(126)76-55-18-6-11-23-61(55)107-62-24-12-7-19-56(62)76)81(119)91(129)104-50-30-67(96-38-50)85(123)102-48-28-69(94-36-48)87(125)106-53-33-72(82(92)120)113(44-53)75(117)39-97-83(121)59-34-65(46-15-3-2-4-16-46)108-60-22-10-5-17-54(59)60/h2-26,34,47-53,66-72,93-96,110H,27-33,35-44H2,1H3,(H2,92,120)(H,97,121)(H,98,126)(H,99,127)(H,100,114)(H,101,122)(H,102,123)(H,103,128)(H,104,129)(H,105,124)(H,106,125). The zero-order valence-electron chi connectivity index (χ0n) is 69.9. The topological polar surface area (TPSA) is 532 Å². The molecule has 11 heterocycles. The van der Waals surface area contributed by atoms with Gasteiger partial charge >= 0.3 is 0 Å². The summed E-state index contributed by atoms with van der Waals surface area (Å²) in [5.41, 5.74) is 11.9. The fourth-order valence-electron chi connectivity index (χ4n) is 18.9. The lowest BCUT2D eigenvalue weighted by atomic mass is 10.0. The number of pyridine rings is 3. The van der Waals surface area contributed by atoms with Gasteiger partial charge in [-0.05, 0) is 81.3 Å². The minimum atomic E-state index is -1.45. The number of aromatic amines is 1. The largest absolute Gasteiger partial charge is 0.368 e. The summed E-state index contributed by atoms with van der Waals surface area (Å²) >= 11 is 0. The Morgan fingerprint density at radius 3 is 1.20 bits per heavy atom. The predicted octanol–water partition coefficient (Wildman–Crippen LogP) is -1.34. The Bertz CT molecular complexity index is 6220. The summed E-state index contributed by atoms with van der Waals surface area (Å²) in [6, 6.07) is 34.4. The molecule has 17 N–H and O–H groups in total. The molecule has 0 aliphatic carbocycles. The number of Topliss-reactive ketones (excluding diaryl/α,β-unsaturated/α-hetero) is 2. The molecular formula is C91H94N22O16. The summed E-state index contributed by atoms with van der Waals surface area (Å²) in [6.45, 7) is -0.401. The second kappa shape index (κ2) is 37.1. The number of nitrogens with zero attached hydrogens (tertiary/aromatic N) is 6. The fourth-order valence-corrected chi connectivity index (χ4v) is 18.9. The summed E-state index contributed by atoms with van der Waals surface area (Å²) in [6.07, 6.45) is 0.00834. The molecule has 129 heavy (non-hydrogen) atoms. The van der Waals surface area contributed by atoms with Crippen LogP contribution in [0, 0.1) is 0 Å². The second-order valence-corrected chi connectivity index (χ2v) is 33.8. The predicted molar refractivity (Wildman–Crippen MR) is 469 cm³/mol. The van der Waals surface area contributed by atoms with E-state index in [4.69, 9.17) is 20.7 Å². The molecule has 17 rings (SSSR count). The van der Waals surface area contributed by atoms with Crippen molar-refractivity contribution >= 4 is 160 Å². The zero-order chi connectivity index (χ0) is 90.0. The number of amides is 14. The number of para-hydroxylation sites is 5. The Morgan fingerprint density at radius 2 is 0.736 bits per heavy atom. The number of ketones is 2. The molecule has 664 valence electrons. The SMILES string of the molecule is CC(=O)NC1CC(C(=O)C(=O)NC2CNC(C(=O)NC3CNC(C(=O)NC4CC(C(=O)C(=O)NC5CNC(C(=O)NC6CNC(C(=O)NC7CC(C(N)=O)N(C(=O)CNC(=O)c8cc(-c9ccccc9)nc9ccccc89)C7)C6)C5)N(C(=O)CNC(=O)c5c6ccccc6nc6ccccc56)C4)C3)C2)N(C(=O)CNC(=O)c2c3ccccc3nc3c2[nH]c2ccccc23)C1. The van der Waals surface area contributed by atoms with Gasteiger partial charge in [0.15, 0.2) is 0 Å². The van der Waals surface area contributed by atoms with Gasteiger partial charge in [-0.2, -0.15) is 0 Å². The van der Waals surface area contributed by atoms with Crippen molar-refractivity contribution in [3.8, 4) is 11.3 Å². The quantitative estimate of drug-likeness (QED) is 0.0220. The van der Waals surface area contributed by atoms with Crippen molar-refractivity contribution in [1.82, 2.24) is 109 Å². The van der Waals surface area contributed by atoms with Crippen LogP contribution in [0.1, 0.15) is 82.9 Å². The third-order valence-corrected chi connectivity index (χ3v) is 25.1. The average Bonchev–Trinajstić information content (AvgIpc) is 1.69. The zero-order valence-corrected chi connectivity index (χ0v) is 69.9. The van der Waals surface area contributed by atoms with Crippen LogP contribution in [-0.4, -0.2) is 279 Å². The molecule has 14 atom stereocenters. The first-order valence-corrected chi connectivity index (χ1v) is 43.0. The number of nitrogens with two attached hydrogens (primary N) is 1. The van der Waals surface area contributed by atoms with Crippen molar-refractivity contribution in [2.75, 3.05) is 65.4 Å². The van der Waals surface area contributed by atoms with E-state index in [1.165, 1.54) is 16.7 Å².